The molecule has 0 saturated heterocycles. The zero-order chi connectivity index (χ0) is 17.7. The molecule has 4 nitrogen and oxygen atoms in total. The fraction of sp³-hybridized carbons (Fsp3) is 0.222. The summed E-state index contributed by atoms with van der Waals surface area (Å²) in [6, 6.07) is 11.4. The highest BCUT2D eigenvalue weighted by Gasteiger charge is 2.15. The first kappa shape index (κ1) is 18.1. The van der Waals surface area contributed by atoms with Crippen LogP contribution in [-0.2, 0) is 16.1 Å². The Hall–Kier alpha value is -2.21. The number of nitrogens with zero attached hydrogens (tertiary/aromatic N) is 1. The van der Waals surface area contributed by atoms with Crippen LogP contribution in [0.1, 0.15) is 18.1 Å². The molecule has 0 fully saturated rings. The van der Waals surface area contributed by atoms with E-state index in [-0.39, 0.29) is 30.7 Å². The molecule has 1 N–H and O–H groups in total. The van der Waals surface area contributed by atoms with Crippen LogP contribution >= 0.6 is 15.9 Å². The number of benzene rings is 2. The van der Waals surface area contributed by atoms with Crippen LogP contribution in [0.15, 0.2) is 46.9 Å². The molecule has 0 saturated carbocycles. The lowest BCUT2D eigenvalue weighted by Gasteiger charge is -2.21. The zero-order valence-electron chi connectivity index (χ0n) is 13.5. The van der Waals surface area contributed by atoms with Crippen LogP contribution in [0.3, 0.4) is 0 Å². The Balaban J connectivity index is 2.02. The van der Waals surface area contributed by atoms with Crippen molar-refractivity contribution in [1.29, 1.82) is 0 Å². The predicted molar refractivity (Wildman–Crippen MR) is 95.0 cm³/mol. The van der Waals surface area contributed by atoms with Crippen LogP contribution in [0.2, 0.25) is 0 Å². The number of rotatable bonds is 5. The second-order valence-electron chi connectivity index (χ2n) is 5.53. The van der Waals surface area contributed by atoms with Crippen molar-refractivity contribution in [3.05, 3.63) is 63.9 Å². The summed E-state index contributed by atoms with van der Waals surface area (Å²) >= 11 is 3.40. The van der Waals surface area contributed by atoms with Crippen LogP contribution < -0.4 is 5.32 Å². The highest BCUT2D eigenvalue weighted by Crippen LogP contribution is 2.23. The second kappa shape index (κ2) is 8.06. The first-order valence-electron chi connectivity index (χ1n) is 7.41. The summed E-state index contributed by atoms with van der Waals surface area (Å²) in [5.41, 5.74) is 2.48. The summed E-state index contributed by atoms with van der Waals surface area (Å²) in [5, 5.41) is 2.78. The van der Waals surface area contributed by atoms with Gasteiger partial charge in [-0.05, 0) is 58.2 Å². The molecule has 2 amide bonds. The van der Waals surface area contributed by atoms with Gasteiger partial charge in [-0.25, -0.2) is 4.39 Å². The average Bonchev–Trinajstić information content (AvgIpc) is 2.51. The molecule has 2 rings (SSSR count). The molecule has 0 aromatic heterocycles. The van der Waals surface area contributed by atoms with Gasteiger partial charge in [0.05, 0.1) is 5.69 Å². The summed E-state index contributed by atoms with van der Waals surface area (Å²) in [7, 11) is 0. The van der Waals surface area contributed by atoms with Gasteiger partial charge in [-0.2, -0.15) is 0 Å². The molecular weight excluding hydrogens is 375 g/mol. The fourth-order valence-corrected chi connectivity index (χ4v) is 2.77. The first-order chi connectivity index (χ1) is 11.3. The maximum Gasteiger partial charge on any atom is 0.244 e. The van der Waals surface area contributed by atoms with E-state index in [2.05, 4.69) is 21.2 Å². The SMILES string of the molecule is CC(=O)N(CC(=O)Nc1ccc(C)cc1Br)Cc1ccc(F)cc1. The third-order valence-electron chi connectivity index (χ3n) is 3.47. The molecule has 0 unspecified atom stereocenters. The lowest BCUT2D eigenvalue weighted by Crippen LogP contribution is -2.36. The molecule has 6 heteroatoms. The Morgan fingerprint density at radius 2 is 1.83 bits per heavy atom. The smallest absolute Gasteiger partial charge is 0.244 e. The molecule has 0 radical (unpaired) electrons. The fourth-order valence-electron chi connectivity index (χ4n) is 2.17. The third-order valence-corrected chi connectivity index (χ3v) is 4.12. The van der Waals surface area contributed by atoms with E-state index in [0.717, 1.165) is 15.6 Å². The van der Waals surface area contributed by atoms with E-state index < -0.39 is 0 Å². The van der Waals surface area contributed by atoms with Gasteiger partial charge in [0.15, 0.2) is 0 Å². The van der Waals surface area contributed by atoms with Gasteiger partial charge in [0.1, 0.15) is 12.4 Å². The van der Waals surface area contributed by atoms with Crippen molar-refractivity contribution in [2.75, 3.05) is 11.9 Å². The Morgan fingerprint density at radius 3 is 2.42 bits per heavy atom. The number of amides is 2. The number of nitrogens with one attached hydrogen (secondary N) is 1. The van der Waals surface area contributed by atoms with Crippen molar-refractivity contribution >= 4 is 33.4 Å². The van der Waals surface area contributed by atoms with E-state index in [1.165, 1.54) is 24.0 Å². The topological polar surface area (TPSA) is 49.4 Å². The molecule has 0 bridgehead atoms. The maximum absolute atomic E-state index is 13.0. The molecule has 0 atom stereocenters. The number of halogens is 2. The van der Waals surface area contributed by atoms with Crippen molar-refractivity contribution < 1.29 is 14.0 Å². The number of aryl methyl sites for hydroxylation is 1. The molecule has 0 aliphatic rings. The molecule has 24 heavy (non-hydrogen) atoms. The summed E-state index contributed by atoms with van der Waals surface area (Å²) < 4.78 is 13.7. The van der Waals surface area contributed by atoms with E-state index in [1.807, 2.05) is 19.1 Å². The van der Waals surface area contributed by atoms with Crippen molar-refractivity contribution in [3.63, 3.8) is 0 Å². The van der Waals surface area contributed by atoms with Crippen molar-refractivity contribution in [1.82, 2.24) is 4.90 Å². The van der Waals surface area contributed by atoms with Crippen molar-refractivity contribution in [2.45, 2.75) is 20.4 Å². The van der Waals surface area contributed by atoms with Crippen LogP contribution in [0.4, 0.5) is 10.1 Å². The van der Waals surface area contributed by atoms with Crippen molar-refractivity contribution in [3.8, 4) is 0 Å². The highest BCUT2D eigenvalue weighted by molar-refractivity contribution is 9.10. The summed E-state index contributed by atoms with van der Waals surface area (Å²) in [5.74, 6) is -0.857. The Labute approximate surface area is 148 Å². The van der Waals surface area contributed by atoms with Crippen LogP contribution in [0.25, 0.3) is 0 Å². The van der Waals surface area contributed by atoms with Crippen molar-refractivity contribution in [2.24, 2.45) is 0 Å². The Morgan fingerprint density at radius 1 is 1.17 bits per heavy atom. The standard InChI is InChI=1S/C18H18BrFN2O2/c1-12-3-8-17(16(19)9-12)21-18(24)11-22(13(2)23)10-14-4-6-15(20)7-5-14/h3-9H,10-11H2,1-2H3,(H,21,24). The molecule has 2 aromatic carbocycles. The minimum atomic E-state index is -0.338. The number of carbonyl (C=O) groups is 2. The van der Waals surface area contributed by atoms with Gasteiger partial charge in [0.2, 0.25) is 11.8 Å². The van der Waals surface area contributed by atoms with Gasteiger partial charge in [-0.15, -0.1) is 0 Å². The number of hydrogen-bond acceptors (Lipinski definition) is 2. The van der Waals surface area contributed by atoms with Gasteiger partial charge < -0.3 is 10.2 Å². The number of carbonyl (C=O) groups excluding carboxylic acids is 2. The quantitative estimate of drug-likeness (QED) is 0.838. The maximum atomic E-state index is 13.0. The molecular formula is C18H18BrFN2O2. The minimum absolute atomic E-state index is 0.0764. The predicted octanol–water partition coefficient (Wildman–Crippen LogP) is 3.88. The van der Waals surface area contributed by atoms with Gasteiger partial charge >= 0.3 is 0 Å². The Kier molecular flexibility index (Phi) is 6.09. The molecule has 0 aliphatic carbocycles. The van der Waals surface area contributed by atoms with Crippen LogP contribution in [-0.4, -0.2) is 23.3 Å². The lowest BCUT2D eigenvalue weighted by atomic mass is 10.2. The molecule has 2 aromatic rings. The average molecular weight is 393 g/mol. The third kappa shape index (κ3) is 5.16. The number of anilines is 1. The summed E-state index contributed by atoms with van der Waals surface area (Å²) in [6.45, 7) is 3.53. The molecule has 0 aliphatic heterocycles. The second-order valence-corrected chi connectivity index (χ2v) is 6.39. The van der Waals surface area contributed by atoms with Gasteiger partial charge in [-0.1, -0.05) is 18.2 Å². The van der Waals surface area contributed by atoms with Gasteiger partial charge in [0, 0.05) is 17.9 Å². The van der Waals surface area contributed by atoms with E-state index in [4.69, 9.17) is 0 Å². The van der Waals surface area contributed by atoms with E-state index in [1.54, 1.807) is 18.2 Å². The molecule has 0 spiro atoms. The Bertz CT molecular complexity index is 747. The summed E-state index contributed by atoms with van der Waals surface area (Å²) in [4.78, 5) is 25.4. The molecule has 0 heterocycles. The largest absolute Gasteiger partial charge is 0.329 e. The zero-order valence-corrected chi connectivity index (χ0v) is 15.1. The first-order valence-corrected chi connectivity index (χ1v) is 8.20. The summed E-state index contributed by atoms with van der Waals surface area (Å²) in [6.07, 6.45) is 0. The van der Waals surface area contributed by atoms with Gasteiger partial charge in [-0.3, -0.25) is 9.59 Å². The van der Waals surface area contributed by atoms with E-state index >= 15 is 0 Å². The van der Waals surface area contributed by atoms with Gasteiger partial charge in [0.25, 0.3) is 0 Å². The number of hydrogen-bond donors (Lipinski definition) is 1. The molecule has 126 valence electrons. The highest BCUT2D eigenvalue weighted by atomic mass is 79.9. The van der Waals surface area contributed by atoms with E-state index in [0.29, 0.717) is 5.69 Å². The monoisotopic (exact) mass is 392 g/mol. The minimum Gasteiger partial charge on any atom is -0.329 e. The van der Waals surface area contributed by atoms with Crippen LogP contribution in [0.5, 0.6) is 0 Å². The van der Waals surface area contributed by atoms with E-state index in [9.17, 15) is 14.0 Å². The van der Waals surface area contributed by atoms with Crippen LogP contribution in [0, 0.1) is 12.7 Å². The normalized spacial score (nSPS) is 10.3. The lowest BCUT2D eigenvalue weighted by molar-refractivity contribution is -0.133.